The molecule has 0 saturated carbocycles. The summed E-state index contributed by atoms with van der Waals surface area (Å²) in [6.07, 6.45) is 1.02. The highest BCUT2D eigenvalue weighted by atomic mass is 32.2. The molecule has 0 bridgehead atoms. The second-order valence-corrected chi connectivity index (χ2v) is 5.90. The van der Waals surface area contributed by atoms with Crippen LogP contribution in [0.15, 0.2) is 35.5 Å². The third-order valence-electron chi connectivity index (χ3n) is 2.71. The van der Waals surface area contributed by atoms with Crippen LogP contribution in [-0.2, 0) is 10.0 Å². The minimum Gasteiger partial charge on any atom is -0.467 e. The van der Waals surface area contributed by atoms with Crippen LogP contribution in [-0.4, -0.2) is 36.5 Å². The molecule has 0 aliphatic carbocycles. The number of anilines is 1. The molecular weight excluding hydrogens is 310 g/mol. The Hall–Kier alpha value is -2.75. The van der Waals surface area contributed by atoms with E-state index in [0.717, 1.165) is 6.33 Å². The summed E-state index contributed by atoms with van der Waals surface area (Å²) in [5.74, 6) is -0.442. The highest BCUT2D eigenvalue weighted by molar-refractivity contribution is 7.93. The Kier molecular flexibility index (Phi) is 4.22. The molecule has 9 nitrogen and oxygen atoms in total. The summed E-state index contributed by atoms with van der Waals surface area (Å²) in [7, 11) is -2.96. The zero-order chi connectivity index (χ0) is 16.3. The molecule has 116 valence electrons. The van der Waals surface area contributed by atoms with E-state index in [1.165, 1.54) is 19.2 Å². The van der Waals surface area contributed by atoms with Crippen LogP contribution in [0.5, 0.6) is 6.01 Å². The predicted octanol–water partition coefficient (Wildman–Crippen LogP) is 0.463. The largest absolute Gasteiger partial charge is 0.467 e. The molecular formula is C12H13N5O4S. The molecule has 0 aliphatic heterocycles. The topological polar surface area (TPSA) is 128 Å². The van der Waals surface area contributed by atoms with Crippen LogP contribution in [0.1, 0.15) is 5.56 Å². The van der Waals surface area contributed by atoms with Gasteiger partial charge < -0.3 is 10.5 Å². The first-order valence-electron chi connectivity index (χ1n) is 6.01. The summed E-state index contributed by atoms with van der Waals surface area (Å²) in [6.45, 7) is 1.60. The third kappa shape index (κ3) is 2.81. The van der Waals surface area contributed by atoms with Crippen LogP contribution in [0.3, 0.4) is 0 Å². The summed E-state index contributed by atoms with van der Waals surface area (Å²) < 4.78 is 30.5. The van der Waals surface area contributed by atoms with Crippen LogP contribution >= 0.6 is 0 Å². The van der Waals surface area contributed by atoms with E-state index in [9.17, 15) is 13.2 Å². The summed E-state index contributed by atoms with van der Waals surface area (Å²) in [4.78, 5) is 22.6. The van der Waals surface area contributed by atoms with Gasteiger partial charge in [0.1, 0.15) is 6.33 Å². The number of aryl methyl sites for hydroxylation is 1. The Labute approximate surface area is 126 Å². The summed E-state index contributed by atoms with van der Waals surface area (Å²) >= 11 is 0. The molecule has 0 aliphatic rings. The summed E-state index contributed by atoms with van der Waals surface area (Å²) in [5.41, 5.74) is 5.65. The zero-order valence-electron chi connectivity index (χ0n) is 11.8. The average molecular weight is 323 g/mol. The number of urea groups is 1. The van der Waals surface area contributed by atoms with Gasteiger partial charge in [-0.1, -0.05) is 18.2 Å². The molecule has 0 fully saturated rings. The van der Waals surface area contributed by atoms with Gasteiger partial charge in [-0.2, -0.15) is 15.0 Å². The van der Waals surface area contributed by atoms with Crippen LogP contribution in [0.2, 0.25) is 0 Å². The van der Waals surface area contributed by atoms with Crippen molar-refractivity contribution in [1.82, 2.24) is 15.0 Å². The van der Waals surface area contributed by atoms with Crippen molar-refractivity contribution in [1.29, 1.82) is 0 Å². The van der Waals surface area contributed by atoms with Crippen molar-refractivity contribution in [2.24, 2.45) is 5.73 Å². The lowest BCUT2D eigenvalue weighted by Crippen LogP contribution is -2.42. The number of benzene rings is 1. The van der Waals surface area contributed by atoms with Gasteiger partial charge in [-0.25, -0.2) is 13.2 Å². The number of nitrogens with two attached hydrogens (primary N) is 1. The van der Waals surface area contributed by atoms with E-state index in [1.807, 2.05) is 0 Å². The van der Waals surface area contributed by atoms with E-state index < -0.39 is 22.0 Å². The summed E-state index contributed by atoms with van der Waals surface area (Å²) in [5, 5.41) is 0. The number of primary amides is 1. The molecule has 1 aromatic heterocycles. The lowest BCUT2D eigenvalue weighted by Gasteiger charge is -2.19. The Bertz CT molecular complexity index is 809. The lowest BCUT2D eigenvalue weighted by molar-refractivity contribution is 0.256. The second-order valence-electron chi connectivity index (χ2n) is 4.15. The molecule has 10 heteroatoms. The van der Waals surface area contributed by atoms with Gasteiger partial charge in [-0.05, 0) is 18.6 Å². The molecule has 1 heterocycles. The number of sulfonamides is 1. The first kappa shape index (κ1) is 15.6. The predicted molar refractivity (Wildman–Crippen MR) is 76.8 cm³/mol. The van der Waals surface area contributed by atoms with Gasteiger partial charge in [0.15, 0.2) is 0 Å². The number of ether oxygens (including phenoxy) is 1. The van der Waals surface area contributed by atoms with Gasteiger partial charge in [-0.3, -0.25) is 0 Å². The molecule has 0 radical (unpaired) electrons. The van der Waals surface area contributed by atoms with Crippen molar-refractivity contribution >= 4 is 22.0 Å². The fourth-order valence-electron chi connectivity index (χ4n) is 1.74. The number of aromatic nitrogens is 3. The Balaban J connectivity index is 2.61. The average Bonchev–Trinajstić information content (AvgIpc) is 2.47. The first-order chi connectivity index (χ1) is 10.4. The van der Waals surface area contributed by atoms with Crippen molar-refractivity contribution in [3.8, 4) is 6.01 Å². The van der Waals surface area contributed by atoms with Crippen molar-refractivity contribution in [2.75, 3.05) is 11.4 Å². The fourth-order valence-corrected chi connectivity index (χ4v) is 3.20. The van der Waals surface area contributed by atoms with Crippen molar-refractivity contribution in [2.45, 2.75) is 11.8 Å². The van der Waals surface area contributed by atoms with Gasteiger partial charge in [0, 0.05) is 0 Å². The summed E-state index contributed by atoms with van der Waals surface area (Å²) in [6, 6.07) is 4.79. The molecule has 2 aromatic rings. The zero-order valence-corrected chi connectivity index (χ0v) is 12.6. The standard InChI is InChI=1S/C12H13N5O4S/c1-8-5-3-4-6-9(8)22(19,20)17(10(13)18)11-14-7-15-12(16-11)21-2/h3-7H,1-2H3,(H2,13,18). The van der Waals surface area contributed by atoms with Gasteiger partial charge in [0.25, 0.3) is 16.0 Å². The van der Waals surface area contributed by atoms with Crippen LogP contribution in [0.4, 0.5) is 10.7 Å². The Morgan fingerprint density at radius 3 is 2.55 bits per heavy atom. The maximum absolute atomic E-state index is 12.7. The molecule has 0 unspecified atom stereocenters. The van der Waals surface area contributed by atoms with Crippen LogP contribution in [0.25, 0.3) is 0 Å². The number of hydrogen-bond donors (Lipinski definition) is 1. The lowest BCUT2D eigenvalue weighted by atomic mass is 10.2. The highest BCUT2D eigenvalue weighted by Gasteiger charge is 2.33. The number of amides is 2. The van der Waals surface area contributed by atoms with E-state index in [4.69, 9.17) is 10.5 Å². The normalized spacial score (nSPS) is 11.0. The maximum Gasteiger partial charge on any atom is 0.336 e. The smallest absolute Gasteiger partial charge is 0.336 e. The van der Waals surface area contributed by atoms with E-state index in [0.29, 0.717) is 9.87 Å². The fraction of sp³-hybridized carbons (Fsp3) is 0.167. The number of rotatable bonds is 4. The molecule has 0 spiro atoms. The number of nitrogens with zero attached hydrogens (tertiary/aromatic N) is 4. The first-order valence-corrected chi connectivity index (χ1v) is 7.45. The van der Waals surface area contributed by atoms with Crippen LogP contribution < -0.4 is 14.8 Å². The van der Waals surface area contributed by atoms with Gasteiger partial charge in [0.2, 0.25) is 0 Å². The third-order valence-corrected chi connectivity index (χ3v) is 4.55. The molecule has 0 saturated heterocycles. The number of carbonyl (C=O) groups excluding carboxylic acids is 1. The van der Waals surface area contributed by atoms with Gasteiger partial charge in [-0.15, -0.1) is 4.31 Å². The minimum atomic E-state index is -4.26. The molecule has 22 heavy (non-hydrogen) atoms. The van der Waals surface area contributed by atoms with Gasteiger partial charge >= 0.3 is 12.0 Å². The Morgan fingerprint density at radius 1 is 1.27 bits per heavy atom. The molecule has 0 atom stereocenters. The molecule has 1 aromatic carbocycles. The van der Waals surface area contributed by atoms with Crippen molar-refractivity contribution in [3.63, 3.8) is 0 Å². The SMILES string of the molecule is COc1ncnc(N(C(N)=O)S(=O)(=O)c2ccccc2C)n1. The van der Waals surface area contributed by atoms with Crippen molar-refractivity contribution < 1.29 is 17.9 Å². The quantitative estimate of drug-likeness (QED) is 0.865. The molecule has 2 amide bonds. The van der Waals surface area contributed by atoms with E-state index >= 15 is 0 Å². The van der Waals surface area contributed by atoms with Crippen molar-refractivity contribution in [3.05, 3.63) is 36.2 Å². The minimum absolute atomic E-state index is 0.0758. The van der Waals surface area contributed by atoms with Gasteiger partial charge in [0.05, 0.1) is 12.0 Å². The number of methoxy groups -OCH3 is 1. The second kappa shape index (κ2) is 5.93. The maximum atomic E-state index is 12.7. The number of hydrogen-bond acceptors (Lipinski definition) is 7. The molecule has 2 rings (SSSR count). The van der Waals surface area contributed by atoms with E-state index in [2.05, 4.69) is 15.0 Å². The molecule has 2 N–H and O–H groups in total. The monoisotopic (exact) mass is 323 g/mol. The van der Waals surface area contributed by atoms with Crippen LogP contribution in [0, 0.1) is 6.92 Å². The van der Waals surface area contributed by atoms with E-state index in [-0.39, 0.29) is 10.9 Å². The number of carbonyl (C=O) groups is 1. The Morgan fingerprint density at radius 2 is 1.95 bits per heavy atom. The van der Waals surface area contributed by atoms with E-state index in [1.54, 1.807) is 19.1 Å². The highest BCUT2D eigenvalue weighted by Crippen LogP contribution is 2.23.